The van der Waals surface area contributed by atoms with Gasteiger partial charge in [-0.25, -0.2) is 0 Å². The Labute approximate surface area is 102 Å². The van der Waals surface area contributed by atoms with Gasteiger partial charge < -0.3 is 10.6 Å². The highest BCUT2D eigenvalue weighted by Crippen LogP contribution is 2.25. The molecule has 2 atom stereocenters. The number of carbonyl (C=O) groups excluding carboxylic acids is 1. The summed E-state index contributed by atoms with van der Waals surface area (Å²) in [4.78, 5) is 12.0. The minimum atomic E-state index is -0.199. The lowest BCUT2D eigenvalue weighted by atomic mass is 10.1. The maximum atomic E-state index is 12.0. The average Bonchev–Trinajstić information content (AvgIpc) is 2.79. The number of nitrogens with one attached hydrogen (secondary N) is 2. The zero-order valence-electron chi connectivity index (χ0n) is 9.86. The summed E-state index contributed by atoms with van der Waals surface area (Å²) in [5.41, 5.74) is 2.22. The Kier molecular flexibility index (Phi) is 3.34. The molecule has 88 valence electrons. The molecule has 0 saturated heterocycles. The number of fused-ring (bicyclic) bond motifs is 1. The normalized spacial score (nSPS) is 18.7. The van der Waals surface area contributed by atoms with E-state index >= 15 is 0 Å². The Hall–Kier alpha value is -1.95. The van der Waals surface area contributed by atoms with Crippen LogP contribution in [-0.2, 0) is 11.2 Å². The number of hydrogen-bond donors (Lipinski definition) is 2. The summed E-state index contributed by atoms with van der Waals surface area (Å²) in [5, 5.41) is 6.06. The van der Waals surface area contributed by atoms with Crippen LogP contribution >= 0.6 is 0 Å². The molecule has 2 N–H and O–H groups in total. The summed E-state index contributed by atoms with van der Waals surface area (Å²) in [6, 6.07) is 7.59. The van der Waals surface area contributed by atoms with Crippen molar-refractivity contribution in [2.75, 3.05) is 5.32 Å². The number of hydrogen-bond acceptors (Lipinski definition) is 2. The number of anilines is 1. The van der Waals surface area contributed by atoms with Crippen LogP contribution in [0.5, 0.6) is 0 Å². The molecule has 1 amide bonds. The zero-order valence-corrected chi connectivity index (χ0v) is 9.86. The molecular weight excluding hydrogens is 212 g/mol. The molecule has 0 saturated carbocycles. The van der Waals surface area contributed by atoms with Crippen molar-refractivity contribution in [3.05, 3.63) is 29.8 Å². The van der Waals surface area contributed by atoms with E-state index in [0.717, 1.165) is 18.5 Å². The van der Waals surface area contributed by atoms with Gasteiger partial charge in [-0.2, -0.15) is 0 Å². The van der Waals surface area contributed by atoms with Crippen LogP contribution in [0.4, 0.5) is 5.69 Å². The first-order valence-corrected chi connectivity index (χ1v) is 5.85. The molecule has 0 spiro atoms. The zero-order chi connectivity index (χ0) is 12.3. The third-order valence-electron chi connectivity index (χ3n) is 3.01. The maximum Gasteiger partial charge on any atom is 0.243 e. The minimum Gasteiger partial charge on any atom is -0.373 e. The molecule has 1 heterocycles. The first-order chi connectivity index (χ1) is 8.24. The predicted molar refractivity (Wildman–Crippen MR) is 68.6 cm³/mol. The van der Waals surface area contributed by atoms with Gasteiger partial charge in [0.1, 0.15) is 6.04 Å². The Balaban J connectivity index is 1.99. The fraction of sp³-hybridized carbons (Fsp3) is 0.357. The van der Waals surface area contributed by atoms with Crippen molar-refractivity contribution in [1.82, 2.24) is 5.32 Å². The minimum absolute atomic E-state index is 0.0222. The number of terminal acetylenes is 1. The van der Waals surface area contributed by atoms with Gasteiger partial charge in [-0.1, -0.05) is 31.0 Å². The predicted octanol–water partition coefficient (Wildman–Crippen LogP) is 1.55. The first-order valence-electron chi connectivity index (χ1n) is 5.85. The molecule has 0 aromatic heterocycles. The van der Waals surface area contributed by atoms with Crippen molar-refractivity contribution in [3.8, 4) is 12.3 Å². The molecule has 1 aliphatic rings. The van der Waals surface area contributed by atoms with Crippen LogP contribution in [0, 0.1) is 12.3 Å². The average molecular weight is 228 g/mol. The topological polar surface area (TPSA) is 41.1 Å². The van der Waals surface area contributed by atoms with E-state index in [9.17, 15) is 4.79 Å². The van der Waals surface area contributed by atoms with Gasteiger partial charge in [-0.05, 0) is 18.1 Å². The van der Waals surface area contributed by atoms with Gasteiger partial charge in [0.05, 0.1) is 6.04 Å². The molecule has 1 aromatic rings. The van der Waals surface area contributed by atoms with Crippen molar-refractivity contribution < 1.29 is 4.79 Å². The van der Waals surface area contributed by atoms with E-state index in [4.69, 9.17) is 6.42 Å². The molecule has 2 rings (SSSR count). The second-order valence-electron chi connectivity index (χ2n) is 4.19. The Morgan fingerprint density at radius 3 is 3.06 bits per heavy atom. The highest BCUT2D eigenvalue weighted by molar-refractivity contribution is 5.87. The van der Waals surface area contributed by atoms with Crippen molar-refractivity contribution >= 4 is 11.6 Å². The van der Waals surface area contributed by atoms with Gasteiger partial charge in [0, 0.05) is 12.1 Å². The fourth-order valence-electron chi connectivity index (χ4n) is 1.99. The van der Waals surface area contributed by atoms with Crippen LogP contribution in [0.3, 0.4) is 0 Å². The molecule has 1 aromatic carbocycles. The second-order valence-corrected chi connectivity index (χ2v) is 4.19. The van der Waals surface area contributed by atoms with Gasteiger partial charge in [0.25, 0.3) is 0 Å². The SMILES string of the molecule is C#CC(CC)NC(=O)[C@@H]1Cc2ccccc2N1. The quantitative estimate of drug-likeness (QED) is 0.771. The van der Waals surface area contributed by atoms with Crippen molar-refractivity contribution in [2.45, 2.75) is 31.8 Å². The summed E-state index contributed by atoms with van der Waals surface area (Å²) < 4.78 is 0. The molecular formula is C14H16N2O. The molecule has 3 nitrogen and oxygen atoms in total. The van der Waals surface area contributed by atoms with E-state index in [2.05, 4.69) is 16.6 Å². The van der Waals surface area contributed by atoms with Gasteiger partial charge in [-0.15, -0.1) is 6.42 Å². The summed E-state index contributed by atoms with van der Waals surface area (Å²) in [6.07, 6.45) is 6.81. The van der Waals surface area contributed by atoms with Crippen molar-refractivity contribution in [2.24, 2.45) is 0 Å². The third kappa shape index (κ3) is 2.42. The summed E-state index contributed by atoms with van der Waals surface area (Å²) in [7, 11) is 0. The van der Waals surface area contributed by atoms with Crippen LogP contribution in [0.15, 0.2) is 24.3 Å². The standard InChI is InChI=1S/C14H16N2O/c1-3-11(4-2)15-14(17)13-9-10-7-5-6-8-12(10)16-13/h1,5-8,11,13,16H,4,9H2,2H3,(H,15,17)/t11?,13-/m0/s1. The van der Waals surface area contributed by atoms with Crippen molar-refractivity contribution in [3.63, 3.8) is 0 Å². The Morgan fingerprint density at radius 2 is 2.41 bits per heavy atom. The number of para-hydroxylation sites is 1. The number of carbonyl (C=O) groups is 1. The van der Waals surface area contributed by atoms with Crippen LogP contribution in [0.1, 0.15) is 18.9 Å². The second kappa shape index (κ2) is 4.92. The highest BCUT2D eigenvalue weighted by atomic mass is 16.2. The maximum absolute atomic E-state index is 12.0. The number of benzene rings is 1. The van der Waals surface area contributed by atoms with Crippen LogP contribution in [0.25, 0.3) is 0 Å². The largest absolute Gasteiger partial charge is 0.373 e. The summed E-state index contributed by atoms with van der Waals surface area (Å²) in [5.74, 6) is 2.55. The van der Waals surface area contributed by atoms with E-state index in [1.165, 1.54) is 5.56 Å². The van der Waals surface area contributed by atoms with Gasteiger partial charge in [0.15, 0.2) is 0 Å². The number of amides is 1. The first kappa shape index (κ1) is 11.5. The van der Waals surface area contributed by atoms with E-state index < -0.39 is 0 Å². The number of rotatable bonds is 3. The van der Waals surface area contributed by atoms with Gasteiger partial charge in [0.2, 0.25) is 5.91 Å². The Morgan fingerprint density at radius 1 is 1.65 bits per heavy atom. The Bertz CT molecular complexity index is 437. The molecule has 0 bridgehead atoms. The van der Waals surface area contributed by atoms with Crippen molar-refractivity contribution in [1.29, 1.82) is 0 Å². The van der Waals surface area contributed by atoms with Crippen LogP contribution in [-0.4, -0.2) is 18.0 Å². The van der Waals surface area contributed by atoms with Crippen LogP contribution < -0.4 is 10.6 Å². The van der Waals surface area contributed by atoms with E-state index in [1.807, 2.05) is 31.2 Å². The van der Waals surface area contributed by atoms with Crippen LogP contribution in [0.2, 0.25) is 0 Å². The van der Waals surface area contributed by atoms with Gasteiger partial charge in [-0.3, -0.25) is 4.79 Å². The molecule has 0 radical (unpaired) electrons. The highest BCUT2D eigenvalue weighted by Gasteiger charge is 2.26. The molecule has 0 aliphatic carbocycles. The van der Waals surface area contributed by atoms with E-state index in [1.54, 1.807) is 0 Å². The molecule has 0 fully saturated rings. The molecule has 1 unspecified atom stereocenters. The molecule has 17 heavy (non-hydrogen) atoms. The molecule has 1 aliphatic heterocycles. The lowest BCUT2D eigenvalue weighted by Gasteiger charge is -2.15. The summed E-state index contributed by atoms with van der Waals surface area (Å²) in [6.45, 7) is 1.96. The summed E-state index contributed by atoms with van der Waals surface area (Å²) >= 11 is 0. The van der Waals surface area contributed by atoms with E-state index in [0.29, 0.717) is 0 Å². The smallest absolute Gasteiger partial charge is 0.243 e. The molecule has 3 heteroatoms. The lowest BCUT2D eigenvalue weighted by Crippen LogP contribution is -2.43. The fourth-order valence-corrected chi connectivity index (χ4v) is 1.99. The van der Waals surface area contributed by atoms with Gasteiger partial charge >= 0.3 is 0 Å². The monoisotopic (exact) mass is 228 g/mol. The lowest BCUT2D eigenvalue weighted by molar-refractivity contribution is -0.122. The third-order valence-corrected chi connectivity index (χ3v) is 3.01. The van der Waals surface area contributed by atoms with E-state index in [-0.39, 0.29) is 18.0 Å².